The Morgan fingerprint density at radius 3 is 2.25 bits per heavy atom. The normalized spacial score (nSPS) is 18.2. The summed E-state index contributed by atoms with van der Waals surface area (Å²) in [5, 5.41) is 3.66. The van der Waals surface area contributed by atoms with E-state index < -0.39 is 11.7 Å². The van der Waals surface area contributed by atoms with Crippen LogP contribution in [0.5, 0.6) is 0 Å². The summed E-state index contributed by atoms with van der Waals surface area (Å²) in [7, 11) is 1.90. The van der Waals surface area contributed by atoms with Crippen LogP contribution in [0.3, 0.4) is 0 Å². The molecule has 1 aromatic carbocycles. The third kappa shape index (κ3) is 6.35. The molecule has 0 aliphatic carbocycles. The summed E-state index contributed by atoms with van der Waals surface area (Å²) < 4.78 is 10.8. The second-order valence-corrected chi connectivity index (χ2v) is 9.25. The summed E-state index contributed by atoms with van der Waals surface area (Å²) in [4.78, 5) is 40.5. The van der Waals surface area contributed by atoms with Gasteiger partial charge in [0.05, 0.1) is 6.54 Å². The van der Waals surface area contributed by atoms with E-state index in [1.165, 1.54) is 4.90 Å². The third-order valence-corrected chi connectivity index (χ3v) is 5.68. The van der Waals surface area contributed by atoms with Gasteiger partial charge in [-0.2, -0.15) is 0 Å². The molecule has 9 heteroatoms. The van der Waals surface area contributed by atoms with E-state index >= 15 is 0 Å². The third-order valence-electron chi connectivity index (χ3n) is 5.68. The Bertz CT molecular complexity index is 802. The molecule has 9 nitrogen and oxygen atoms in total. The van der Waals surface area contributed by atoms with Gasteiger partial charge in [0.25, 0.3) is 5.91 Å². The fraction of sp³-hybridized carbons (Fsp3) is 0.609. The highest BCUT2D eigenvalue weighted by atomic mass is 16.6. The zero-order valence-corrected chi connectivity index (χ0v) is 19.5. The summed E-state index contributed by atoms with van der Waals surface area (Å²) in [6.07, 6.45) is 0.734. The Kier molecular flexibility index (Phi) is 7.60. The minimum atomic E-state index is -0.515. The van der Waals surface area contributed by atoms with Gasteiger partial charge in [0.2, 0.25) is 0 Å². The van der Waals surface area contributed by atoms with Crippen molar-refractivity contribution in [3.05, 3.63) is 35.9 Å². The Hall–Kier alpha value is -2.81. The molecule has 176 valence electrons. The standard InChI is InChI=1S/C23H34N4O5/c1-23(2,3)32-22(30)25-12-10-19(11-13-25)24(4)27-15-14-26(16-20(27)28)21(29)31-17-18-8-6-5-7-9-18/h5-9,19H,10-17H2,1-4H3. The van der Waals surface area contributed by atoms with Crippen molar-refractivity contribution in [3.8, 4) is 0 Å². The number of hydrogen-bond donors (Lipinski definition) is 0. The first-order valence-electron chi connectivity index (χ1n) is 11.1. The molecule has 0 spiro atoms. The van der Waals surface area contributed by atoms with Crippen LogP contribution in [0.4, 0.5) is 9.59 Å². The summed E-state index contributed by atoms with van der Waals surface area (Å²) in [5.74, 6) is -0.134. The summed E-state index contributed by atoms with van der Waals surface area (Å²) in [6.45, 7) is 7.76. The predicted molar refractivity (Wildman–Crippen MR) is 119 cm³/mol. The molecule has 0 saturated carbocycles. The molecule has 3 rings (SSSR count). The number of ether oxygens (including phenoxy) is 2. The van der Waals surface area contributed by atoms with Gasteiger partial charge in [0.1, 0.15) is 18.8 Å². The molecule has 0 aromatic heterocycles. The van der Waals surface area contributed by atoms with Crippen molar-refractivity contribution >= 4 is 18.1 Å². The van der Waals surface area contributed by atoms with Gasteiger partial charge in [-0.3, -0.25) is 14.7 Å². The van der Waals surface area contributed by atoms with Crippen LogP contribution in [-0.2, 0) is 20.9 Å². The molecule has 2 aliphatic rings. The Labute approximate surface area is 189 Å². The maximum absolute atomic E-state index is 12.7. The molecule has 0 bridgehead atoms. The van der Waals surface area contributed by atoms with Crippen molar-refractivity contribution in [3.63, 3.8) is 0 Å². The van der Waals surface area contributed by atoms with Crippen molar-refractivity contribution < 1.29 is 23.9 Å². The van der Waals surface area contributed by atoms with Crippen LogP contribution in [0.2, 0.25) is 0 Å². The van der Waals surface area contributed by atoms with Gasteiger partial charge in [-0.1, -0.05) is 30.3 Å². The predicted octanol–water partition coefficient (Wildman–Crippen LogP) is 2.71. The summed E-state index contributed by atoms with van der Waals surface area (Å²) >= 11 is 0. The maximum atomic E-state index is 12.7. The topological polar surface area (TPSA) is 82.6 Å². The van der Waals surface area contributed by atoms with Crippen LogP contribution in [0.25, 0.3) is 0 Å². The molecule has 0 unspecified atom stereocenters. The molecule has 2 aliphatic heterocycles. The minimum absolute atomic E-state index is 0.00524. The van der Waals surface area contributed by atoms with Gasteiger partial charge in [0, 0.05) is 32.7 Å². The first-order chi connectivity index (χ1) is 15.1. The molecule has 32 heavy (non-hydrogen) atoms. The van der Waals surface area contributed by atoms with Crippen LogP contribution in [-0.4, -0.2) is 89.3 Å². The van der Waals surface area contributed by atoms with E-state index in [9.17, 15) is 14.4 Å². The Balaban J connectivity index is 1.45. The number of likely N-dealkylation sites (tertiary alicyclic amines) is 1. The van der Waals surface area contributed by atoms with Gasteiger partial charge in [-0.25, -0.2) is 14.6 Å². The lowest BCUT2D eigenvalue weighted by molar-refractivity contribution is -0.159. The van der Waals surface area contributed by atoms with E-state index in [1.807, 2.05) is 63.2 Å². The molecular weight excluding hydrogens is 412 g/mol. The van der Waals surface area contributed by atoms with Crippen molar-refractivity contribution in [2.24, 2.45) is 0 Å². The number of piperazine rings is 1. The largest absolute Gasteiger partial charge is 0.445 e. The van der Waals surface area contributed by atoms with Crippen molar-refractivity contribution in [1.82, 2.24) is 19.8 Å². The SMILES string of the molecule is CN(C1CCN(C(=O)OC(C)(C)C)CC1)N1CCN(C(=O)OCc2ccccc2)CC1=O. The second-order valence-electron chi connectivity index (χ2n) is 9.25. The molecule has 2 saturated heterocycles. The number of carbonyl (C=O) groups is 3. The summed E-state index contributed by atoms with van der Waals surface area (Å²) in [5.41, 5.74) is 0.391. The fourth-order valence-corrected chi connectivity index (χ4v) is 3.91. The monoisotopic (exact) mass is 446 g/mol. The quantitative estimate of drug-likeness (QED) is 0.707. The summed E-state index contributed by atoms with van der Waals surface area (Å²) in [6, 6.07) is 9.60. The molecule has 0 radical (unpaired) electrons. The van der Waals surface area contributed by atoms with Gasteiger partial charge in [-0.15, -0.1) is 0 Å². The Morgan fingerprint density at radius 1 is 1.00 bits per heavy atom. The highest BCUT2D eigenvalue weighted by Gasteiger charge is 2.35. The van der Waals surface area contributed by atoms with Crippen LogP contribution < -0.4 is 0 Å². The molecular formula is C23H34N4O5. The average molecular weight is 447 g/mol. The van der Waals surface area contributed by atoms with E-state index in [-0.39, 0.29) is 31.2 Å². The van der Waals surface area contributed by atoms with E-state index in [0.29, 0.717) is 26.2 Å². The molecule has 2 heterocycles. The molecule has 1 aromatic rings. The van der Waals surface area contributed by atoms with Crippen LogP contribution in [0.1, 0.15) is 39.2 Å². The van der Waals surface area contributed by atoms with E-state index in [2.05, 4.69) is 0 Å². The molecule has 2 fully saturated rings. The number of benzene rings is 1. The minimum Gasteiger partial charge on any atom is -0.445 e. The van der Waals surface area contributed by atoms with Crippen LogP contribution in [0, 0.1) is 0 Å². The van der Waals surface area contributed by atoms with Crippen molar-refractivity contribution in [2.45, 2.75) is 51.9 Å². The van der Waals surface area contributed by atoms with Crippen molar-refractivity contribution in [2.75, 3.05) is 39.8 Å². The maximum Gasteiger partial charge on any atom is 0.410 e. The highest BCUT2D eigenvalue weighted by molar-refractivity contribution is 5.83. The second kappa shape index (κ2) is 10.2. The van der Waals surface area contributed by atoms with Crippen LogP contribution >= 0.6 is 0 Å². The molecule has 3 amide bonds. The number of nitrogens with zero attached hydrogens (tertiary/aromatic N) is 4. The van der Waals surface area contributed by atoms with Crippen molar-refractivity contribution in [1.29, 1.82) is 0 Å². The lowest BCUT2D eigenvalue weighted by Crippen LogP contribution is -2.60. The number of hydrazine groups is 1. The first kappa shape index (κ1) is 23.8. The fourth-order valence-electron chi connectivity index (χ4n) is 3.91. The van der Waals surface area contributed by atoms with E-state index in [0.717, 1.165) is 18.4 Å². The molecule has 0 N–H and O–H groups in total. The average Bonchev–Trinajstić information content (AvgIpc) is 2.76. The van der Waals surface area contributed by atoms with E-state index in [4.69, 9.17) is 9.47 Å². The van der Waals surface area contributed by atoms with Gasteiger partial charge in [0.15, 0.2) is 0 Å². The lowest BCUT2D eigenvalue weighted by atomic mass is 10.1. The van der Waals surface area contributed by atoms with E-state index in [1.54, 1.807) is 9.91 Å². The first-order valence-corrected chi connectivity index (χ1v) is 11.1. The molecule has 0 atom stereocenters. The van der Waals surface area contributed by atoms with Crippen LogP contribution in [0.15, 0.2) is 30.3 Å². The highest BCUT2D eigenvalue weighted by Crippen LogP contribution is 2.21. The van der Waals surface area contributed by atoms with Gasteiger partial charge < -0.3 is 14.4 Å². The zero-order valence-electron chi connectivity index (χ0n) is 19.5. The van der Waals surface area contributed by atoms with Gasteiger partial charge in [-0.05, 0) is 39.2 Å². The zero-order chi connectivity index (χ0) is 23.3. The Morgan fingerprint density at radius 2 is 1.66 bits per heavy atom. The lowest BCUT2D eigenvalue weighted by Gasteiger charge is -2.44. The number of carbonyl (C=O) groups excluding carboxylic acids is 3. The number of hydrogen-bond acceptors (Lipinski definition) is 6. The number of piperidine rings is 1. The van der Waals surface area contributed by atoms with Gasteiger partial charge >= 0.3 is 12.2 Å². The number of amides is 3. The smallest absolute Gasteiger partial charge is 0.410 e. The number of rotatable bonds is 4.